The van der Waals surface area contributed by atoms with Gasteiger partial charge in [0.25, 0.3) is 0 Å². The Morgan fingerprint density at radius 3 is 2.24 bits per heavy atom. The monoisotopic (exact) mass is 279 g/mol. The molecule has 1 aliphatic carbocycles. The Morgan fingerprint density at radius 1 is 0.952 bits per heavy atom. The first-order valence-corrected chi connectivity index (χ1v) is 7.92. The average Bonchev–Trinajstić information content (AvgIpc) is 3.25. The van der Waals surface area contributed by atoms with Crippen LogP contribution < -0.4 is 5.32 Å². The molecule has 3 rings (SSSR count). The van der Waals surface area contributed by atoms with E-state index in [-0.39, 0.29) is 5.41 Å². The highest BCUT2D eigenvalue weighted by molar-refractivity contribution is 5.29. The van der Waals surface area contributed by atoms with Crippen molar-refractivity contribution >= 4 is 0 Å². The molecule has 0 bridgehead atoms. The van der Waals surface area contributed by atoms with E-state index in [1.807, 2.05) is 0 Å². The van der Waals surface area contributed by atoms with E-state index in [2.05, 4.69) is 80.7 Å². The maximum Gasteiger partial charge on any atom is 0.0208 e. The van der Waals surface area contributed by atoms with E-state index in [0.29, 0.717) is 12.0 Å². The zero-order valence-electron chi connectivity index (χ0n) is 13.3. The molecule has 0 aliphatic heterocycles. The number of rotatable bonds is 4. The normalized spacial score (nSPS) is 21.3. The maximum atomic E-state index is 3.68. The lowest BCUT2D eigenvalue weighted by Gasteiger charge is -2.19. The van der Waals surface area contributed by atoms with Crippen LogP contribution in [-0.4, -0.2) is 6.04 Å². The lowest BCUT2D eigenvalue weighted by Crippen LogP contribution is -2.17. The topological polar surface area (TPSA) is 12.0 Å². The molecule has 1 nitrogen and oxygen atoms in total. The fourth-order valence-electron chi connectivity index (χ4n) is 2.86. The van der Waals surface area contributed by atoms with Gasteiger partial charge in [-0.15, -0.1) is 0 Å². The minimum absolute atomic E-state index is 0.237. The largest absolute Gasteiger partial charge is 0.309 e. The van der Waals surface area contributed by atoms with E-state index in [1.165, 1.54) is 23.1 Å². The molecule has 110 valence electrons. The zero-order chi connectivity index (χ0) is 14.9. The van der Waals surface area contributed by atoms with E-state index < -0.39 is 0 Å². The van der Waals surface area contributed by atoms with Gasteiger partial charge in [0.05, 0.1) is 0 Å². The lowest BCUT2D eigenvalue weighted by molar-refractivity contribution is 0.589. The molecule has 0 aromatic heterocycles. The number of hydrogen-bond acceptors (Lipinski definition) is 1. The van der Waals surface area contributed by atoms with E-state index in [9.17, 15) is 0 Å². The van der Waals surface area contributed by atoms with Crippen molar-refractivity contribution in [1.82, 2.24) is 5.32 Å². The zero-order valence-corrected chi connectivity index (χ0v) is 13.3. The first kappa shape index (κ1) is 14.3. The summed E-state index contributed by atoms with van der Waals surface area (Å²) < 4.78 is 0. The summed E-state index contributed by atoms with van der Waals surface area (Å²) in [5.74, 6) is 0.708. The second-order valence-corrected chi connectivity index (χ2v) is 7.19. The molecule has 1 heteroatoms. The predicted octanol–water partition coefficient (Wildman–Crippen LogP) is 4.63. The third-order valence-corrected chi connectivity index (χ3v) is 4.41. The van der Waals surface area contributed by atoms with Crippen LogP contribution in [0.4, 0.5) is 0 Å². The van der Waals surface area contributed by atoms with Gasteiger partial charge in [0.1, 0.15) is 0 Å². The summed E-state index contributed by atoms with van der Waals surface area (Å²) in [6, 6.07) is 20.5. The summed E-state index contributed by atoms with van der Waals surface area (Å²) in [6.45, 7) is 7.75. The second kappa shape index (κ2) is 5.65. The van der Waals surface area contributed by atoms with Crippen molar-refractivity contribution in [3.05, 3.63) is 71.3 Å². The highest BCUT2D eigenvalue weighted by atomic mass is 15.0. The SMILES string of the molecule is CC(C)(C)c1ccc(CN[C@H]2C[C@@H]2c2ccccc2)cc1. The minimum Gasteiger partial charge on any atom is -0.309 e. The van der Waals surface area contributed by atoms with Crippen LogP contribution >= 0.6 is 0 Å². The van der Waals surface area contributed by atoms with Crippen LogP contribution in [0.3, 0.4) is 0 Å². The van der Waals surface area contributed by atoms with Gasteiger partial charge in [-0.2, -0.15) is 0 Å². The van der Waals surface area contributed by atoms with E-state index in [0.717, 1.165) is 6.54 Å². The summed E-state index contributed by atoms with van der Waals surface area (Å²) in [5.41, 5.74) is 4.49. The third kappa shape index (κ3) is 3.54. The Balaban J connectivity index is 1.53. The highest BCUT2D eigenvalue weighted by Crippen LogP contribution is 2.40. The Hall–Kier alpha value is -1.60. The summed E-state index contributed by atoms with van der Waals surface area (Å²) in [5, 5.41) is 3.68. The standard InChI is InChI=1S/C20H25N/c1-20(2,3)17-11-9-15(10-12-17)14-21-19-13-18(19)16-7-5-4-6-8-16/h4-12,18-19,21H,13-14H2,1-3H3/t18-,19+/m1/s1. The van der Waals surface area contributed by atoms with E-state index in [4.69, 9.17) is 0 Å². The molecule has 2 atom stereocenters. The molecule has 0 saturated heterocycles. The number of nitrogens with one attached hydrogen (secondary N) is 1. The van der Waals surface area contributed by atoms with Gasteiger partial charge in [-0.1, -0.05) is 75.4 Å². The van der Waals surface area contributed by atoms with E-state index in [1.54, 1.807) is 0 Å². The van der Waals surface area contributed by atoms with Gasteiger partial charge < -0.3 is 5.32 Å². The molecule has 0 radical (unpaired) electrons. The van der Waals surface area contributed by atoms with Gasteiger partial charge in [-0.25, -0.2) is 0 Å². The minimum atomic E-state index is 0.237. The molecule has 1 fully saturated rings. The Bertz CT molecular complexity index is 577. The molecule has 0 spiro atoms. The van der Waals surface area contributed by atoms with Crippen LogP contribution in [0.1, 0.15) is 49.8 Å². The molecule has 2 aromatic carbocycles. The summed E-state index contributed by atoms with van der Waals surface area (Å²) >= 11 is 0. The van der Waals surface area contributed by atoms with Crippen LogP contribution in [-0.2, 0) is 12.0 Å². The van der Waals surface area contributed by atoms with Crippen LogP contribution in [0.15, 0.2) is 54.6 Å². The van der Waals surface area contributed by atoms with Crippen molar-refractivity contribution in [3.63, 3.8) is 0 Å². The molecule has 21 heavy (non-hydrogen) atoms. The first-order valence-electron chi connectivity index (χ1n) is 7.92. The first-order chi connectivity index (χ1) is 10.0. The van der Waals surface area contributed by atoms with Crippen molar-refractivity contribution in [2.24, 2.45) is 0 Å². The van der Waals surface area contributed by atoms with Crippen LogP contribution in [0.2, 0.25) is 0 Å². The molecule has 0 unspecified atom stereocenters. The molecule has 1 saturated carbocycles. The van der Waals surface area contributed by atoms with Gasteiger partial charge in [0.2, 0.25) is 0 Å². The van der Waals surface area contributed by atoms with Gasteiger partial charge in [0, 0.05) is 18.5 Å². The molecular formula is C20H25N. The molecule has 2 aromatic rings. The third-order valence-electron chi connectivity index (χ3n) is 4.41. The van der Waals surface area contributed by atoms with Crippen LogP contribution in [0.25, 0.3) is 0 Å². The van der Waals surface area contributed by atoms with Gasteiger partial charge in [-0.05, 0) is 28.5 Å². The van der Waals surface area contributed by atoms with Crippen molar-refractivity contribution in [2.45, 2.75) is 51.1 Å². The Labute approximate surface area is 128 Å². The van der Waals surface area contributed by atoms with Crippen molar-refractivity contribution in [3.8, 4) is 0 Å². The van der Waals surface area contributed by atoms with Gasteiger partial charge >= 0.3 is 0 Å². The molecule has 0 amide bonds. The fraction of sp³-hybridized carbons (Fsp3) is 0.400. The molecule has 1 aliphatic rings. The molecule has 1 N–H and O–H groups in total. The Morgan fingerprint density at radius 2 is 1.62 bits per heavy atom. The summed E-state index contributed by atoms with van der Waals surface area (Å²) in [6.07, 6.45) is 1.27. The summed E-state index contributed by atoms with van der Waals surface area (Å²) in [7, 11) is 0. The molecular weight excluding hydrogens is 254 g/mol. The number of hydrogen-bond donors (Lipinski definition) is 1. The lowest BCUT2D eigenvalue weighted by atomic mass is 9.87. The van der Waals surface area contributed by atoms with Crippen LogP contribution in [0.5, 0.6) is 0 Å². The van der Waals surface area contributed by atoms with Crippen LogP contribution in [0, 0.1) is 0 Å². The summed E-state index contributed by atoms with van der Waals surface area (Å²) in [4.78, 5) is 0. The van der Waals surface area contributed by atoms with Crippen molar-refractivity contribution in [2.75, 3.05) is 0 Å². The number of benzene rings is 2. The predicted molar refractivity (Wildman–Crippen MR) is 89.6 cm³/mol. The molecule has 0 heterocycles. The van der Waals surface area contributed by atoms with Gasteiger partial charge in [0.15, 0.2) is 0 Å². The smallest absolute Gasteiger partial charge is 0.0208 e. The van der Waals surface area contributed by atoms with E-state index >= 15 is 0 Å². The quantitative estimate of drug-likeness (QED) is 0.860. The fourth-order valence-corrected chi connectivity index (χ4v) is 2.86. The maximum absolute atomic E-state index is 3.68. The average molecular weight is 279 g/mol. The van der Waals surface area contributed by atoms with Crippen molar-refractivity contribution in [1.29, 1.82) is 0 Å². The van der Waals surface area contributed by atoms with Gasteiger partial charge in [-0.3, -0.25) is 0 Å². The highest BCUT2D eigenvalue weighted by Gasteiger charge is 2.37. The van der Waals surface area contributed by atoms with Crippen molar-refractivity contribution < 1.29 is 0 Å². The second-order valence-electron chi connectivity index (χ2n) is 7.19. The Kier molecular flexibility index (Phi) is 3.86.